The van der Waals surface area contributed by atoms with Crippen molar-refractivity contribution in [3.63, 3.8) is 0 Å². The maximum absolute atomic E-state index is 5.68. The van der Waals surface area contributed by atoms with E-state index in [1.54, 1.807) is 7.05 Å². The smallest absolute Gasteiger partial charge is 0.176 e. The zero-order chi connectivity index (χ0) is 12.3. The van der Waals surface area contributed by atoms with Gasteiger partial charge in [-0.3, -0.25) is 11.3 Å². The second-order valence-corrected chi connectivity index (χ2v) is 4.44. The summed E-state index contributed by atoms with van der Waals surface area (Å²) in [5.74, 6) is 6.78. The minimum absolute atomic E-state index is 0.145. The molecule has 0 bridgehead atoms. The third kappa shape index (κ3) is 2.80. The first-order valence-corrected chi connectivity index (χ1v) is 6.05. The van der Waals surface area contributed by atoms with Crippen LogP contribution < -0.4 is 11.3 Å². The highest BCUT2D eigenvalue weighted by Crippen LogP contribution is 2.27. The largest absolute Gasteiger partial charge is 0.378 e. The van der Waals surface area contributed by atoms with E-state index in [9.17, 15) is 0 Å². The van der Waals surface area contributed by atoms with Gasteiger partial charge in [-0.05, 0) is 18.1 Å². The molecule has 1 saturated heterocycles. The van der Waals surface area contributed by atoms with Crippen molar-refractivity contribution >= 4 is 0 Å². The van der Waals surface area contributed by atoms with Gasteiger partial charge in [0.05, 0.1) is 13.2 Å². The molecule has 2 heterocycles. The maximum atomic E-state index is 5.68. The van der Waals surface area contributed by atoms with Gasteiger partial charge in [-0.1, -0.05) is 6.92 Å². The second-order valence-electron chi connectivity index (χ2n) is 4.44. The Balaban J connectivity index is 2.00. The van der Waals surface area contributed by atoms with Crippen LogP contribution in [0.3, 0.4) is 0 Å². The third-order valence-electron chi connectivity index (χ3n) is 3.35. The number of hydrazine groups is 1. The minimum atomic E-state index is 0.145. The van der Waals surface area contributed by atoms with Crippen molar-refractivity contribution in [2.45, 2.75) is 38.3 Å². The molecule has 0 amide bonds. The van der Waals surface area contributed by atoms with Crippen LogP contribution in [0.4, 0.5) is 0 Å². The Kier molecular flexibility index (Phi) is 4.03. The minimum Gasteiger partial charge on any atom is -0.378 e. The molecule has 3 N–H and O–H groups in total. The van der Waals surface area contributed by atoms with Crippen molar-refractivity contribution in [1.82, 2.24) is 25.6 Å². The average molecular weight is 240 g/mol. The monoisotopic (exact) mass is 240 g/mol. The molecule has 1 aromatic heterocycles. The average Bonchev–Trinajstić information content (AvgIpc) is 2.94. The van der Waals surface area contributed by atoms with E-state index < -0.39 is 0 Å². The topological polar surface area (TPSA) is 90.9 Å². The number of nitrogens with two attached hydrogens (primary N) is 1. The lowest BCUT2D eigenvalue weighted by atomic mass is 9.89. The molecule has 2 rings (SSSR count). The fourth-order valence-corrected chi connectivity index (χ4v) is 2.48. The summed E-state index contributed by atoms with van der Waals surface area (Å²) in [7, 11) is 1.76. The Bertz CT molecular complexity index is 354. The summed E-state index contributed by atoms with van der Waals surface area (Å²) >= 11 is 0. The molecule has 0 radical (unpaired) electrons. The Labute approximate surface area is 101 Å². The predicted octanol–water partition coefficient (Wildman–Crippen LogP) is -0.600. The summed E-state index contributed by atoms with van der Waals surface area (Å²) in [5.41, 5.74) is 2.87. The number of aryl methyl sites for hydroxylation is 1. The van der Waals surface area contributed by atoms with Crippen LogP contribution in [-0.2, 0) is 18.2 Å². The zero-order valence-corrected chi connectivity index (χ0v) is 10.3. The number of nitrogens with zero attached hydrogens (tertiary/aromatic N) is 4. The lowest BCUT2D eigenvalue weighted by Crippen LogP contribution is -2.45. The van der Waals surface area contributed by atoms with Gasteiger partial charge in [-0.25, -0.2) is 0 Å². The van der Waals surface area contributed by atoms with E-state index in [2.05, 4.69) is 27.8 Å². The highest BCUT2D eigenvalue weighted by atomic mass is 16.5. The molecule has 7 heteroatoms. The molecule has 96 valence electrons. The molecule has 17 heavy (non-hydrogen) atoms. The van der Waals surface area contributed by atoms with Crippen molar-refractivity contribution in [3.8, 4) is 0 Å². The Morgan fingerprint density at radius 3 is 3.06 bits per heavy atom. The number of aromatic nitrogens is 4. The molecule has 1 aromatic rings. The van der Waals surface area contributed by atoms with Crippen LogP contribution in [-0.4, -0.2) is 39.0 Å². The van der Waals surface area contributed by atoms with Crippen LogP contribution in [0.2, 0.25) is 0 Å². The molecular weight excluding hydrogens is 220 g/mol. The van der Waals surface area contributed by atoms with Crippen molar-refractivity contribution in [3.05, 3.63) is 5.82 Å². The fourth-order valence-electron chi connectivity index (χ4n) is 2.48. The summed E-state index contributed by atoms with van der Waals surface area (Å²) in [6.45, 7) is 2.95. The maximum Gasteiger partial charge on any atom is 0.176 e. The van der Waals surface area contributed by atoms with Gasteiger partial charge in [0.2, 0.25) is 0 Å². The summed E-state index contributed by atoms with van der Waals surface area (Å²) in [6, 6.07) is 0.145. The van der Waals surface area contributed by atoms with E-state index in [-0.39, 0.29) is 12.1 Å². The number of rotatable bonds is 5. The standard InChI is InChI=1S/C10H20N6O/c1-3-9-7(4-5-17-9)8(12-11)6-10-13-15-16(2)14-10/h7-9,12H,3-6,11H2,1-2H3. The van der Waals surface area contributed by atoms with E-state index in [1.807, 2.05) is 0 Å². The molecular formula is C10H20N6O. The van der Waals surface area contributed by atoms with Gasteiger partial charge in [0.25, 0.3) is 0 Å². The first-order valence-electron chi connectivity index (χ1n) is 6.05. The van der Waals surface area contributed by atoms with E-state index in [1.165, 1.54) is 4.80 Å². The molecule has 1 aliphatic rings. The van der Waals surface area contributed by atoms with Gasteiger partial charge < -0.3 is 4.74 Å². The number of tetrazole rings is 1. The molecule has 0 spiro atoms. The van der Waals surface area contributed by atoms with Crippen LogP contribution in [0.25, 0.3) is 0 Å². The zero-order valence-electron chi connectivity index (χ0n) is 10.3. The summed E-state index contributed by atoms with van der Waals surface area (Å²) < 4.78 is 5.68. The number of hydrogen-bond donors (Lipinski definition) is 2. The summed E-state index contributed by atoms with van der Waals surface area (Å²) in [4.78, 5) is 1.46. The molecule has 7 nitrogen and oxygen atoms in total. The molecule has 0 saturated carbocycles. The number of hydrogen-bond acceptors (Lipinski definition) is 6. The van der Waals surface area contributed by atoms with Gasteiger partial charge in [-0.2, -0.15) is 4.80 Å². The van der Waals surface area contributed by atoms with Crippen molar-refractivity contribution in [2.75, 3.05) is 6.61 Å². The van der Waals surface area contributed by atoms with E-state index in [0.717, 1.165) is 25.3 Å². The van der Waals surface area contributed by atoms with Gasteiger partial charge >= 0.3 is 0 Å². The molecule has 3 atom stereocenters. The van der Waals surface area contributed by atoms with Crippen LogP contribution >= 0.6 is 0 Å². The van der Waals surface area contributed by atoms with Crippen molar-refractivity contribution < 1.29 is 4.74 Å². The van der Waals surface area contributed by atoms with Crippen LogP contribution in [0.5, 0.6) is 0 Å². The molecule has 1 fully saturated rings. The Morgan fingerprint density at radius 1 is 1.65 bits per heavy atom. The normalized spacial score (nSPS) is 26.3. The second kappa shape index (κ2) is 5.52. The number of ether oxygens (including phenoxy) is 1. The lowest BCUT2D eigenvalue weighted by molar-refractivity contribution is 0.0772. The quantitative estimate of drug-likeness (QED) is 0.527. The highest BCUT2D eigenvalue weighted by molar-refractivity contribution is 4.91. The van der Waals surface area contributed by atoms with Crippen LogP contribution in [0.15, 0.2) is 0 Å². The number of nitrogens with one attached hydrogen (secondary N) is 1. The van der Waals surface area contributed by atoms with Crippen LogP contribution in [0, 0.1) is 5.92 Å². The van der Waals surface area contributed by atoms with Crippen LogP contribution in [0.1, 0.15) is 25.6 Å². The third-order valence-corrected chi connectivity index (χ3v) is 3.35. The SMILES string of the molecule is CCC1OCCC1C(Cc1nnn(C)n1)NN. The first-order chi connectivity index (χ1) is 8.24. The summed E-state index contributed by atoms with van der Waals surface area (Å²) in [5, 5.41) is 12.0. The molecule has 0 aromatic carbocycles. The molecule has 3 unspecified atom stereocenters. The van der Waals surface area contributed by atoms with E-state index in [0.29, 0.717) is 12.3 Å². The molecule has 0 aliphatic carbocycles. The van der Waals surface area contributed by atoms with E-state index >= 15 is 0 Å². The fraction of sp³-hybridized carbons (Fsp3) is 0.900. The lowest BCUT2D eigenvalue weighted by Gasteiger charge is -2.25. The highest BCUT2D eigenvalue weighted by Gasteiger charge is 2.33. The molecule has 1 aliphatic heterocycles. The van der Waals surface area contributed by atoms with E-state index in [4.69, 9.17) is 10.6 Å². The van der Waals surface area contributed by atoms with Crippen molar-refractivity contribution in [2.24, 2.45) is 18.8 Å². The Morgan fingerprint density at radius 2 is 2.47 bits per heavy atom. The van der Waals surface area contributed by atoms with Gasteiger partial charge in [0.1, 0.15) is 0 Å². The first kappa shape index (κ1) is 12.4. The van der Waals surface area contributed by atoms with Crippen molar-refractivity contribution in [1.29, 1.82) is 0 Å². The predicted molar refractivity (Wildman–Crippen MR) is 61.8 cm³/mol. The summed E-state index contributed by atoms with van der Waals surface area (Å²) in [6.07, 6.45) is 3.02. The van der Waals surface area contributed by atoms with Gasteiger partial charge in [0.15, 0.2) is 5.82 Å². The van der Waals surface area contributed by atoms with Gasteiger partial charge in [-0.15, -0.1) is 10.2 Å². The van der Waals surface area contributed by atoms with Gasteiger partial charge in [0, 0.05) is 25.0 Å². The Hall–Kier alpha value is -1.05.